The summed E-state index contributed by atoms with van der Waals surface area (Å²) in [6, 6.07) is 21.0. The number of hydrogen-bond acceptors (Lipinski definition) is 6. The molecule has 0 aromatic heterocycles. The number of ether oxygens (including phenoxy) is 4. The number of hydrogen-bond donors (Lipinski definition) is 0. The van der Waals surface area contributed by atoms with Crippen LogP contribution in [0.5, 0.6) is 11.5 Å². The zero-order valence-corrected chi connectivity index (χ0v) is 22.7. The molecule has 2 unspecified atom stereocenters. The highest BCUT2D eigenvalue weighted by atomic mass is 35.5. The smallest absolute Gasteiger partial charge is 0.226 e. The molecule has 3 aromatic carbocycles. The molecule has 2 fully saturated rings. The second-order valence-electron chi connectivity index (χ2n) is 9.23. The predicted octanol–water partition coefficient (Wildman–Crippen LogP) is 5.73. The van der Waals surface area contributed by atoms with Gasteiger partial charge in [0.05, 0.1) is 12.1 Å². The van der Waals surface area contributed by atoms with Crippen LogP contribution in [0, 0.1) is 0 Å². The van der Waals surface area contributed by atoms with Crippen LogP contribution < -0.4 is 14.4 Å². The van der Waals surface area contributed by atoms with Gasteiger partial charge in [-0.3, -0.25) is 4.79 Å². The van der Waals surface area contributed by atoms with Crippen LogP contribution >= 0.6 is 23.2 Å². The first-order valence-corrected chi connectivity index (χ1v) is 13.4. The largest absolute Gasteiger partial charge is 0.497 e. The molecule has 2 aliphatic rings. The molecule has 0 bridgehead atoms. The number of rotatable bonds is 8. The number of anilines is 1. The zero-order chi connectivity index (χ0) is 26.5. The maximum Gasteiger partial charge on any atom is 0.226 e. The molecule has 9 heteroatoms. The molecule has 200 valence electrons. The molecule has 0 N–H and O–H groups in total. The van der Waals surface area contributed by atoms with Crippen LogP contribution in [0.3, 0.4) is 0 Å². The number of carbonyl (C=O) groups is 1. The van der Waals surface area contributed by atoms with Crippen molar-refractivity contribution >= 4 is 34.8 Å². The van der Waals surface area contributed by atoms with Crippen molar-refractivity contribution in [3.05, 3.63) is 87.9 Å². The van der Waals surface area contributed by atoms with Gasteiger partial charge in [-0.15, -0.1) is 0 Å². The molecule has 0 saturated carbocycles. The monoisotopic (exact) mass is 556 g/mol. The summed E-state index contributed by atoms with van der Waals surface area (Å²) in [5, 5.41) is 1.05. The maximum atomic E-state index is 12.7. The molecule has 5 rings (SSSR count). The first kappa shape index (κ1) is 26.6. The van der Waals surface area contributed by atoms with Crippen molar-refractivity contribution < 1.29 is 23.7 Å². The molecule has 0 radical (unpaired) electrons. The summed E-state index contributed by atoms with van der Waals surface area (Å²) in [6.07, 6.45) is 0.0701. The van der Waals surface area contributed by atoms with Crippen LogP contribution in [0.2, 0.25) is 10.0 Å². The van der Waals surface area contributed by atoms with Crippen LogP contribution in [-0.4, -0.2) is 57.0 Å². The summed E-state index contributed by atoms with van der Waals surface area (Å²) < 4.78 is 22.8. The number of aryl methyl sites for hydroxylation is 1. The van der Waals surface area contributed by atoms with Crippen molar-refractivity contribution in [1.29, 1.82) is 0 Å². The van der Waals surface area contributed by atoms with Gasteiger partial charge in [-0.2, -0.15) is 0 Å². The highest BCUT2D eigenvalue weighted by molar-refractivity contribution is 6.35. The normalized spacial score (nSPS) is 19.4. The Morgan fingerprint density at radius 2 is 1.76 bits per heavy atom. The van der Waals surface area contributed by atoms with E-state index in [0.29, 0.717) is 48.3 Å². The molecule has 2 atom stereocenters. The van der Waals surface area contributed by atoms with Gasteiger partial charge in [0, 0.05) is 48.9 Å². The Hall–Kier alpha value is -2.97. The van der Waals surface area contributed by atoms with E-state index in [1.54, 1.807) is 25.3 Å². The summed E-state index contributed by atoms with van der Waals surface area (Å²) in [7, 11) is 1.65. The topological polar surface area (TPSA) is 60.5 Å². The average molecular weight is 557 g/mol. The Bertz CT molecular complexity index is 1250. The van der Waals surface area contributed by atoms with E-state index in [-0.39, 0.29) is 5.91 Å². The first-order valence-electron chi connectivity index (χ1n) is 12.6. The van der Waals surface area contributed by atoms with E-state index in [0.717, 1.165) is 35.7 Å². The fourth-order valence-corrected chi connectivity index (χ4v) is 5.14. The van der Waals surface area contributed by atoms with Crippen LogP contribution in [0.4, 0.5) is 5.69 Å². The van der Waals surface area contributed by atoms with E-state index in [4.69, 9.17) is 42.1 Å². The number of benzene rings is 3. The van der Waals surface area contributed by atoms with E-state index >= 15 is 0 Å². The molecular weight excluding hydrogens is 527 g/mol. The zero-order valence-electron chi connectivity index (χ0n) is 21.1. The van der Waals surface area contributed by atoms with Gasteiger partial charge in [0.15, 0.2) is 6.29 Å². The summed E-state index contributed by atoms with van der Waals surface area (Å²) in [4.78, 5) is 17.0. The molecule has 7 nitrogen and oxygen atoms in total. The van der Waals surface area contributed by atoms with E-state index in [2.05, 4.69) is 4.90 Å². The summed E-state index contributed by atoms with van der Waals surface area (Å²) in [5.74, 6) is 1.70. The standard InChI is InChI=1S/C29H30Cl2N2O5/c1-35-24-4-2-3-20(17-24)5-12-27(34)33-15-13-32(14-16-33)22-7-9-23(10-8-22)37-28-19-36-29(38-28)25-11-6-21(30)18-26(25)31/h2-4,6-11,17-18,28-29H,5,12-16,19H2,1H3. The van der Waals surface area contributed by atoms with Crippen molar-refractivity contribution in [1.82, 2.24) is 4.90 Å². The number of piperazine rings is 1. The van der Waals surface area contributed by atoms with Crippen molar-refractivity contribution in [3.8, 4) is 11.5 Å². The minimum atomic E-state index is -0.599. The van der Waals surface area contributed by atoms with Crippen molar-refractivity contribution in [2.75, 3.05) is 44.8 Å². The number of methoxy groups -OCH3 is 1. The Balaban J connectivity index is 1.07. The lowest BCUT2D eigenvalue weighted by Crippen LogP contribution is -2.48. The number of amides is 1. The molecule has 0 aliphatic carbocycles. The minimum absolute atomic E-state index is 0.188. The van der Waals surface area contributed by atoms with Gasteiger partial charge < -0.3 is 28.7 Å². The predicted molar refractivity (Wildman–Crippen MR) is 147 cm³/mol. The Morgan fingerprint density at radius 1 is 0.974 bits per heavy atom. The van der Waals surface area contributed by atoms with Crippen molar-refractivity contribution in [3.63, 3.8) is 0 Å². The van der Waals surface area contributed by atoms with E-state index < -0.39 is 12.6 Å². The third-order valence-corrected chi connectivity index (χ3v) is 7.30. The van der Waals surface area contributed by atoms with Gasteiger partial charge in [-0.25, -0.2) is 0 Å². The summed E-state index contributed by atoms with van der Waals surface area (Å²) in [5.41, 5.74) is 2.92. The maximum absolute atomic E-state index is 12.7. The van der Waals surface area contributed by atoms with Gasteiger partial charge in [0.1, 0.15) is 18.1 Å². The number of carbonyl (C=O) groups excluding carboxylic acids is 1. The highest BCUT2D eigenvalue weighted by Crippen LogP contribution is 2.34. The van der Waals surface area contributed by atoms with Crippen LogP contribution in [0.15, 0.2) is 66.7 Å². The summed E-state index contributed by atoms with van der Waals surface area (Å²) >= 11 is 12.2. The average Bonchev–Trinajstić information content (AvgIpc) is 3.40. The lowest BCUT2D eigenvalue weighted by Gasteiger charge is -2.36. The number of halogens is 2. The van der Waals surface area contributed by atoms with Gasteiger partial charge >= 0.3 is 0 Å². The Labute approximate surface area is 232 Å². The van der Waals surface area contributed by atoms with Gasteiger partial charge in [-0.1, -0.05) is 41.4 Å². The van der Waals surface area contributed by atoms with E-state index in [1.807, 2.05) is 53.4 Å². The SMILES string of the molecule is COc1cccc(CCC(=O)N2CCN(c3ccc(OC4COC(c5ccc(Cl)cc5Cl)O4)cc3)CC2)c1. The summed E-state index contributed by atoms with van der Waals surface area (Å²) in [6.45, 7) is 3.27. The fraction of sp³-hybridized carbons (Fsp3) is 0.345. The third kappa shape index (κ3) is 6.53. The molecule has 2 heterocycles. The lowest BCUT2D eigenvalue weighted by atomic mass is 10.1. The molecule has 1 amide bonds. The second kappa shape index (κ2) is 12.3. The van der Waals surface area contributed by atoms with Gasteiger partial charge in [-0.05, 0) is 60.5 Å². The first-order chi connectivity index (χ1) is 18.5. The minimum Gasteiger partial charge on any atom is -0.497 e. The van der Waals surface area contributed by atoms with E-state index in [9.17, 15) is 4.79 Å². The van der Waals surface area contributed by atoms with E-state index in [1.165, 1.54) is 0 Å². The van der Waals surface area contributed by atoms with Gasteiger partial charge in [0.25, 0.3) is 0 Å². The molecule has 0 spiro atoms. The molecular formula is C29H30Cl2N2O5. The molecule has 38 heavy (non-hydrogen) atoms. The van der Waals surface area contributed by atoms with Crippen LogP contribution in [0.1, 0.15) is 23.8 Å². The fourth-order valence-electron chi connectivity index (χ4n) is 4.64. The molecule has 2 saturated heterocycles. The quantitative estimate of drug-likeness (QED) is 0.353. The highest BCUT2D eigenvalue weighted by Gasteiger charge is 2.30. The molecule has 3 aromatic rings. The van der Waals surface area contributed by atoms with Crippen molar-refractivity contribution in [2.24, 2.45) is 0 Å². The van der Waals surface area contributed by atoms with Crippen LogP contribution in [0.25, 0.3) is 0 Å². The van der Waals surface area contributed by atoms with Gasteiger partial charge in [0.2, 0.25) is 12.2 Å². The van der Waals surface area contributed by atoms with Crippen LogP contribution in [-0.2, 0) is 20.7 Å². The Kier molecular flexibility index (Phi) is 8.59. The molecule has 2 aliphatic heterocycles. The second-order valence-corrected chi connectivity index (χ2v) is 10.1. The number of nitrogens with zero attached hydrogens (tertiary/aromatic N) is 2. The van der Waals surface area contributed by atoms with Crippen molar-refractivity contribution in [2.45, 2.75) is 25.4 Å². The third-order valence-electron chi connectivity index (χ3n) is 6.74. The Morgan fingerprint density at radius 3 is 2.50 bits per heavy atom. The lowest BCUT2D eigenvalue weighted by molar-refractivity contribution is -0.131.